The monoisotopic (exact) mass is 606 g/mol. The fourth-order valence-electron chi connectivity index (χ4n) is 5.56. The number of nitrogens with one attached hydrogen (secondary N) is 2. The van der Waals surface area contributed by atoms with Crippen LogP contribution in [0, 0.1) is 11.3 Å². The molecule has 1 saturated carbocycles. The molecule has 4 N–H and O–H groups in total. The van der Waals surface area contributed by atoms with E-state index in [1.165, 1.54) is 0 Å². The number of carboxylic acid groups (broad SMARTS) is 1. The molecule has 1 amide bonds. The molecule has 43 heavy (non-hydrogen) atoms. The van der Waals surface area contributed by atoms with Crippen LogP contribution in [-0.2, 0) is 26.0 Å². The molecule has 0 aliphatic heterocycles. The van der Waals surface area contributed by atoms with E-state index >= 15 is 0 Å². The fraction of sp³-hybridized carbons (Fsp3) is 0.412. The van der Waals surface area contributed by atoms with Crippen molar-refractivity contribution < 1.29 is 28.2 Å². The van der Waals surface area contributed by atoms with Crippen LogP contribution in [0.2, 0.25) is 0 Å². The highest BCUT2D eigenvalue weighted by atomic mass is 32.2. The number of aliphatic hydroxyl groups is 1. The van der Waals surface area contributed by atoms with Gasteiger partial charge in [-0.2, -0.15) is 0 Å². The zero-order valence-electron chi connectivity index (χ0n) is 25.2. The molecular weight excluding hydrogens is 564 g/mol. The molecule has 1 atom stereocenters. The van der Waals surface area contributed by atoms with Crippen molar-refractivity contribution in [2.75, 3.05) is 0 Å². The zero-order chi connectivity index (χ0) is 31.4. The van der Waals surface area contributed by atoms with Crippen molar-refractivity contribution in [1.82, 2.24) is 10.0 Å². The second kappa shape index (κ2) is 13.0. The lowest BCUT2D eigenvalue weighted by Crippen LogP contribution is -2.46. The van der Waals surface area contributed by atoms with Crippen LogP contribution >= 0.6 is 0 Å². The quantitative estimate of drug-likeness (QED) is 0.229. The van der Waals surface area contributed by atoms with E-state index < -0.39 is 33.1 Å². The molecule has 230 valence electrons. The lowest BCUT2D eigenvalue weighted by molar-refractivity contribution is -0.146. The number of aliphatic carboxylic acids is 1. The SMILES string of the molecule is CC(C)(Cc1ccc(-c2ccc(S(=O)(=O)N[C@H]3CC[C@H](C(=O)N[C@@H](c4ccccc4)C(C)(C)O)CC3)cc2)cc1)C(=O)O. The first-order chi connectivity index (χ1) is 20.2. The van der Waals surface area contributed by atoms with Crippen molar-refractivity contribution in [2.24, 2.45) is 11.3 Å². The van der Waals surface area contributed by atoms with E-state index in [0.717, 1.165) is 22.3 Å². The van der Waals surface area contributed by atoms with E-state index in [9.17, 15) is 28.2 Å². The molecule has 1 fully saturated rings. The Bertz CT molecular complexity index is 1500. The molecular formula is C34H42N2O6S. The molecule has 0 unspecified atom stereocenters. The zero-order valence-corrected chi connectivity index (χ0v) is 26.0. The molecule has 0 spiro atoms. The van der Waals surface area contributed by atoms with Gasteiger partial charge in [-0.1, -0.05) is 66.7 Å². The average molecular weight is 607 g/mol. The number of rotatable bonds is 11. The molecule has 9 heteroatoms. The highest BCUT2D eigenvalue weighted by molar-refractivity contribution is 7.89. The van der Waals surface area contributed by atoms with Crippen LogP contribution < -0.4 is 10.0 Å². The molecule has 1 aliphatic carbocycles. The van der Waals surface area contributed by atoms with Gasteiger partial charge in [0.15, 0.2) is 0 Å². The molecule has 8 nitrogen and oxygen atoms in total. The first kappa shape index (κ1) is 32.4. The maximum absolute atomic E-state index is 13.1. The molecule has 3 aromatic rings. The minimum Gasteiger partial charge on any atom is -0.481 e. The topological polar surface area (TPSA) is 133 Å². The third-order valence-corrected chi connectivity index (χ3v) is 9.76. The summed E-state index contributed by atoms with van der Waals surface area (Å²) in [5.74, 6) is -1.23. The van der Waals surface area contributed by atoms with Crippen molar-refractivity contribution in [3.8, 4) is 11.1 Å². The van der Waals surface area contributed by atoms with E-state index in [1.807, 2.05) is 54.6 Å². The summed E-state index contributed by atoms with van der Waals surface area (Å²) in [5.41, 5.74) is 1.49. The predicted octanol–water partition coefficient (Wildman–Crippen LogP) is 5.47. The summed E-state index contributed by atoms with van der Waals surface area (Å²) in [6.45, 7) is 6.73. The molecule has 1 aliphatic rings. The Labute approximate surface area is 254 Å². The van der Waals surface area contributed by atoms with E-state index in [4.69, 9.17) is 0 Å². The third-order valence-electron chi connectivity index (χ3n) is 8.22. The van der Waals surface area contributed by atoms with Gasteiger partial charge in [0.25, 0.3) is 0 Å². The molecule has 0 radical (unpaired) electrons. The summed E-state index contributed by atoms with van der Waals surface area (Å²) < 4.78 is 29.1. The average Bonchev–Trinajstić information content (AvgIpc) is 2.96. The standard InChI is InChI=1S/C34H42N2O6S/c1-33(2,32(38)39)22-23-10-12-24(13-11-23)25-16-20-29(21-17-25)43(41,42)36-28-18-14-27(15-19-28)31(37)35-30(34(3,4)40)26-8-6-5-7-9-26/h5-13,16-17,20-21,27-28,30,36,40H,14-15,18-19,22H2,1-4H3,(H,35,37)(H,38,39)/t27-,28-,30-/m0/s1. The smallest absolute Gasteiger partial charge is 0.309 e. The molecule has 3 aromatic carbocycles. The van der Waals surface area contributed by atoms with Gasteiger partial charge in [-0.15, -0.1) is 0 Å². The van der Waals surface area contributed by atoms with Crippen LogP contribution in [0.1, 0.15) is 70.5 Å². The molecule has 4 rings (SSSR count). The number of carbonyl (C=O) groups excluding carboxylic acids is 1. The Kier molecular flexibility index (Phi) is 9.79. The molecule has 0 heterocycles. The summed E-state index contributed by atoms with van der Waals surface area (Å²) in [6.07, 6.45) is 2.58. The molecule has 0 aromatic heterocycles. The lowest BCUT2D eigenvalue weighted by atomic mass is 9.84. The largest absolute Gasteiger partial charge is 0.481 e. The maximum atomic E-state index is 13.1. The van der Waals surface area contributed by atoms with Gasteiger partial charge < -0.3 is 15.5 Å². The summed E-state index contributed by atoms with van der Waals surface area (Å²) in [4.78, 5) is 24.7. The fourth-order valence-corrected chi connectivity index (χ4v) is 6.87. The van der Waals surface area contributed by atoms with Crippen LogP contribution in [0.15, 0.2) is 83.8 Å². The summed E-state index contributed by atoms with van der Waals surface area (Å²) >= 11 is 0. The van der Waals surface area contributed by atoms with E-state index in [-0.39, 0.29) is 22.8 Å². The van der Waals surface area contributed by atoms with E-state index in [1.54, 1.807) is 52.0 Å². The number of amides is 1. The van der Waals surface area contributed by atoms with Gasteiger partial charge in [0.1, 0.15) is 0 Å². The normalized spacial score (nSPS) is 18.5. The Morgan fingerprint density at radius 1 is 0.837 bits per heavy atom. The van der Waals surface area contributed by atoms with Crippen LogP contribution in [0.5, 0.6) is 0 Å². The van der Waals surface area contributed by atoms with Crippen LogP contribution in [0.3, 0.4) is 0 Å². The van der Waals surface area contributed by atoms with Gasteiger partial charge in [-0.25, -0.2) is 13.1 Å². The number of hydrogen-bond acceptors (Lipinski definition) is 5. The van der Waals surface area contributed by atoms with Crippen LogP contribution in [-0.4, -0.2) is 42.2 Å². The first-order valence-electron chi connectivity index (χ1n) is 14.7. The minimum absolute atomic E-state index is 0.133. The van der Waals surface area contributed by atoms with Gasteiger partial charge in [-0.05, 0) is 94.2 Å². The number of benzene rings is 3. The second-order valence-electron chi connectivity index (χ2n) is 12.8. The van der Waals surface area contributed by atoms with Crippen molar-refractivity contribution in [1.29, 1.82) is 0 Å². The van der Waals surface area contributed by atoms with E-state index in [2.05, 4.69) is 10.0 Å². The predicted molar refractivity (Wildman–Crippen MR) is 167 cm³/mol. The van der Waals surface area contributed by atoms with Gasteiger partial charge >= 0.3 is 5.97 Å². The van der Waals surface area contributed by atoms with Gasteiger partial charge in [-0.3, -0.25) is 9.59 Å². The second-order valence-corrected chi connectivity index (χ2v) is 14.5. The Hall–Kier alpha value is -3.53. The van der Waals surface area contributed by atoms with Crippen molar-refractivity contribution >= 4 is 21.9 Å². The van der Waals surface area contributed by atoms with Crippen molar-refractivity contribution in [2.45, 2.75) is 82.4 Å². The number of sulfonamides is 1. The highest BCUT2D eigenvalue weighted by Crippen LogP contribution is 2.30. The van der Waals surface area contributed by atoms with E-state index in [0.29, 0.717) is 32.1 Å². The molecule has 0 saturated heterocycles. The number of hydrogen-bond donors (Lipinski definition) is 4. The first-order valence-corrected chi connectivity index (χ1v) is 16.2. The molecule has 0 bridgehead atoms. The Morgan fingerprint density at radius 3 is 1.88 bits per heavy atom. The summed E-state index contributed by atoms with van der Waals surface area (Å²) in [5, 5.41) is 23.1. The minimum atomic E-state index is -3.75. The highest BCUT2D eigenvalue weighted by Gasteiger charge is 2.34. The number of carbonyl (C=O) groups is 2. The van der Waals surface area contributed by atoms with Gasteiger partial charge in [0.05, 0.1) is 22.0 Å². The Morgan fingerprint density at radius 2 is 1.37 bits per heavy atom. The van der Waals surface area contributed by atoms with Crippen LogP contribution in [0.4, 0.5) is 0 Å². The third kappa shape index (κ3) is 8.31. The maximum Gasteiger partial charge on any atom is 0.309 e. The van der Waals surface area contributed by atoms with Gasteiger partial charge in [0.2, 0.25) is 15.9 Å². The lowest BCUT2D eigenvalue weighted by Gasteiger charge is -2.34. The van der Waals surface area contributed by atoms with Crippen LogP contribution in [0.25, 0.3) is 11.1 Å². The number of carboxylic acids is 1. The van der Waals surface area contributed by atoms with Crippen molar-refractivity contribution in [3.05, 3.63) is 90.0 Å². The summed E-state index contributed by atoms with van der Waals surface area (Å²) in [7, 11) is -3.75. The summed E-state index contributed by atoms with van der Waals surface area (Å²) in [6, 6.07) is 22.9. The Balaban J connectivity index is 1.32. The van der Waals surface area contributed by atoms with Gasteiger partial charge in [0, 0.05) is 12.0 Å². The van der Waals surface area contributed by atoms with Crippen molar-refractivity contribution in [3.63, 3.8) is 0 Å².